The summed E-state index contributed by atoms with van der Waals surface area (Å²) in [6.45, 7) is 8.69. The molecule has 1 unspecified atom stereocenters. The van der Waals surface area contributed by atoms with Gasteiger partial charge < -0.3 is 14.6 Å². The molecule has 0 radical (unpaired) electrons. The van der Waals surface area contributed by atoms with Gasteiger partial charge in [0.25, 0.3) is 5.56 Å². The molecule has 0 spiro atoms. The number of nitrogens with zero attached hydrogens (tertiary/aromatic N) is 6. The number of aromatic nitrogens is 5. The molecule has 1 N–H and O–H groups in total. The Bertz CT molecular complexity index is 1460. The minimum absolute atomic E-state index is 0.203. The molecule has 2 aromatic heterocycles. The smallest absolute Gasteiger partial charge is 0.253 e. The maximum atomic E-state index is 14.5. The van der Waals surface area contributed by atoms with Gasteiger partial charge in [0, 0.05) is 37.8 Å². The zero-order valence-electron chi connectivity index (χ0n) is 21.6. The van der Waals surface area contributed by atoms with Crippen molar-refractivity contribution in [3.63, 3.8) is 0 Å². The summed E-state index contributed by atoms with van der Waals surface area (Å²) in [7, 11) is 1.60. The number of ether oxygens (including phenoxy) is 1. The monoisotopic (exact) mass is 505 g/mol. The summed E-state index contributed by atoms with van der Waals surface area (Å²) in [6.07, 6.45) is 0.812. The van der Waals surface area contributed by atoms with E-state index in [1.54, 1.807) is 19.2 Å². The van der Waals surface area contributed by atoms with Crippen LogP contribution in [0.2, 0.25) is 0 Å². The first-order valence-corrected chi connectivity index (χ1v) is 12.6. The first kappa shape index (κ1) is 24.9. The fraction of sp³-hybridized carbons (Fsp3) is 0.407. The van der Waals surface area contributed by atoms with E-state index in [0.29, 0.717) is 54.5 Å². The molecule has 194 valence electrons. The molecule has 37 heavy (non-hydrogen) atoms. The van der Waals surface area contributed by atoms with Crippen LogP contribution in [0.3, 0.4) is 0 Å². The van der Waals surface area contributed by atoms with Crippen LogP contribution in [0, 0.1) is 5.82 Å². The van der Waals surface area contributed by atoms with Gasteiger partial charge in [-0.25, -0.2) is 9.07 Å². The zero-order valence-corrected chi connectivity index (χ0v) is 21.6. The lowest BCUT2D eigenvalue weighted by molar-refractivity contribution is 0.186. The Morgan fingerprint density at radius 2 is 1.86 bits per heavy atom. The van der Waals surface area contributed by atoms with Crippen LogP contribution in [0.5, 0.6) is 5.75 Å². The SMILES string of the molecule is CCC(C)(C)n1nnnc1C(c1cc2ccc(OC)cc2[nH]c1=O)N1CCN(c2ccccc2F)CC1. The number of anilines is 1. The third-order valence-corrected chi connectivity index (χ3v) is 7.43. The van der Waals surface area contributed by atoms with Gasteiger partial charge in [0.2, 0.25) is 0 Å². The van der Waals surface area contributed by atoms with E-state index in [1.807, 2.05) is 39.9 Å². The highest BCUT2D eigenvalue weighted by Crippen LogP contribution is 2.32. The minimum Gasteiger partial charge on any atom is -0.497 e. The summed E-state index contributed by atoms with van der Waals surface area (Å²) in [6, 6.07) is 13.9. The first-order chi connectivity index (χ1) is 17.8. The maximum Gasteiger partial charge on any atom is 0.253 e. The molecule has 0 saturated carbocycles. The van der Waals surface area contributed by atoms with E-state index >= 15 is 0 Å². The molecule has 1 aliphatic heterocycles. The van der Waals surface area contributed by atoms with Gasteiger partial charge in [-0.15, -0.1) is 5.10 Å². The average Bonchev–Trinajstić information content (AvgIpc) is 3.40. The standard InChI is InChI=1S/C27H32FN7O2/c1-5-27(2,3)35-25(30-31-32-35)24(20-16-18-10-11-19(37-4)17-22(18)29-26(20)36)34-14-12-33(13-15-34)23-9-7-6-8-21(23)28/h6-11,16-17,24H,5,12-15H2,1-4H3,(H,29,36). The van der Waals surface area contributed by atoms with Crippen molar-refractivity contribution in [3.05, 3.63) is 76.1 Å². The van der Waals surface area contributed by atoms with Crippen LogP contribution < -0.4 is 15.2 Å². The average molecular weight is 506 g/mol. The van der Waals surface area contributed by atoms with Crippen LogP contribution in [-0.4, -0.2) is 63.4 Å². The molecular weight excluding hydrogens is 473 g/mol. The van der Waals surface area contributed by atoms with E-state index in [-0.39, 0.29) is 16.9 Å². The Balaban J connectivity index is 1.57. The number of nitrogens with one attached hydrogen (secondary N) is 1. The quantitative estimate of drug-likeness (QED) is 0.409. The van der Waals surface area contributed by atoms with Gasteiger partial charge in [-0.3, -0.25) is 9.69 Å². The number of H-pyrrole nitrogens is 1. The molecule has 10 heteroatoms. The molecule has 4 aromatic rings. The molecule has 3 heterocycles. The Kier molecular flexibility index (Phi) is 6.68. The molecular formula is C27H32FN7O2. The van der Waals surface area contributed by atoms with Crippen LogP contribution in [0.25, 0.3) is 10.9 Å². The van der Waals surface area contributed by atoms with E-state index in [0.717, 1.165) is 11.8 Å². The Hall–Kier alpha value is -3.79. The second-order valence-corrected chi connectivity index (χ2v) is 10.00. The molecule has 5 rings (SSSR count). The van der Waals surface area contributed by atoms with E-state index in [2.05, 4.69) is 46.2 Å². The Morgan fingerprint density at radius 1 is 1.11 bits per heavy atom. The van der Waals surface area contributed by atoms with Gasteiger partial charge in [0.1, 0.15) is 17.6 Å². The highest BCUT2D eigenvalue weighted by atomic mass is 19.1. The molecule has 9 nitrogen and oxygen atoms in total. The second-order valence-electron chi connectivity index (χ2n) is 10.00. The van der Waals surface area contributed by atoms with Gasteiger partial charge in [0.15, 0.2) is 5.82 Å². The molecule has 1 atom stereocenters. The fourth-order valence-corrected chi connectivity index (χ4v) is 4.90. The van der Waals surface area contributed by atoms with Gasteiger partial charge >= 0.3 is 0 Å². The molecule has 1 aliphatic rings. The van der Waals surface area contributed by atoms with Crippen molar-refractivity contribution in [2.45, 2.75) is 38.8 Å². The number of hydrogen-bond donors (Lipinski definition) is 1. The number of benzene rings is 2. The normalized spacial score (nSPS) is 15.8. The molecule has 1 fully saturated rings. The number of halogens is 1. The van der Waals surface area contributed by atoms with Crippen molar-refractivity contribution >= 4 is 16.6 Å². The van der Waals surface area contributed by atoms with Crippen LogP contribution in [0.15, 0.2) is 53.3 Å². The predicted molar refractivity (Wildman–Crippen MR) is 141 cm³/mol. The van der Waals surface area contributed by atoms with Gasteiger partial charge in [-0.1, -0.05) is 19.1 Å². The van der Waals surface area contributed by atoms with E-state index in [1.165, 1.54) is 6.07 Å². The number of tetrazole rings is 1. The number of hydrogen-bond acceptors (Lipinski definition) is 7. The summed E-state index contributed by atoms with van der Waals surface area (Å²) < 4.78 is 21.6. The summed E-state index contributed by atoms with van der Waals surface area (Å²) in [5, 5.41) is 13.7. The number of aromatic amines is 1. The van der Waals surface area contributed by atoms with Crippen LogP contribution in [-0.2, 0) is 5.54 Å². The Morgan fingerprint density at radius 3 is 2.57 bits per heavy atom. The van der Waals surface area contributed by atoms with Crippen molar-refractivity contribution in [2.24, 2.45) is 0 Å². The lowest BCUT2D eigenvalue weighted by atomic mass is 9.99. The lowest BCUT2D eigenvalue weighted by Crippen LogP contribution is -2.49. The zero-order chi connectivity index (χ0) is 26.2. The highest BCUT2D eigenvalue weighted by molar-refractivity contribution is 5.80. The van der Waals surface area contributed by atoms with E-state index < -0.39 is 6.04 Å². The minimum atomic E-state index is -0.473. The second kappa shape index (κ2) is 9.93. The van der Waals surface area contributed by atoms with Crippen molar-refractivity contribution in [2.75, 3.05) is 38.2 Å². The van der Waals surface area contributed by atoms with E-state index in [4.69, 9.17) is 4.74 Å². The van der Waals surface area contributed by atoms with Crippen LogP contribution in [0.4, 0.5) is 10.1 Å². The van der Waals surface area contributed by atoms with Crippen LogP contribution >= 0.6 is 0 Å². The van der Waals surface area contributed by atoms with E-state index in [9.17, 15) is 9.18 Å². The fourth-order valence-electron chi connectivity index (χ4n) is 4.90. The summed E-state index contributed by atoms with van der Waals surface area (Å²) >= 11 is 0. The molecule has 1 saturated heterocycles. The Labute approximate surface area is 214 Å². The topological polar surface area (TPSA) is 92.2 Å². The third-order valence-electron chi connectivity index (χ3n) is 7.43. The number of para-hydroxylation sites is 1. The van der Waals surface area contributed by atoms with Crippen molar-refractivity contribution in [1.29, 1.82) is 0 Å². The number of piperazine rings is 1. The van der Waals surface area contributed by atoms with Crippen molar-refractivity contribution < 1.29 is 9.13 Å². The number of pyridine rings is 1. The largest absolute Gasteiger partial charge is 0.497 e. The van der Waals surface area contributed by atoms with Crippen molar-refractivity contribution in [1.82, 2.24) is 30.1 Å². The van der Waals surface area contributed by atoms with Crippen LogP contribution in [0.1, 0.15) is 44.6 Å². The summed E-state index contributed by atoms with van der Waals surface area (Å²) in [5.74, 6) is 1.05. The van der Waals surface area contributed by atoms with Crippen molar-refractivity contribution in [3.8, 4) is 5.75 Å². The molecule has 0 aliphatic carbocycles. The lowest BCUT2D eigenvalue weighted by Gasteiger charge is -2.40. The molecule has 0 bridgehead atoms. The maximum absolute atomic E-state index is 14.5. The predicted octanol–water partition coefficient (Wildman–Crippen LogP) is 3.72. The summed E-state index contributed by atoms with van der Waals surface area (Å²) in [5.41, 5.74) is 1.31. The number of methoxy groups -OCH3 is 1. The highest BCUT2D eigenvalue weighted by Gasteiger charge is 2.36. The molecule has 0 amide bonds. The first-order valence-electron chi connectivity index (χ1n) is 12.6. The van der Waals surface area contributed by atoms with Gasteiger partial charge in [-0.2, -0.15) is 0 Å². The number of fused-ring (bicyclic) bond motifs is 1. The van der Waals surface area contributed by atoms with Gasteiger partial charge in [-0.05, 0) is 66.4 Å². The van der Waals surface area contributed by atoms with Gasteiger partial charge in [0.05, 0.1) is 23.9 Å². The third kappa shape index (κ3) is 4.69. The summed E-state index contributed by atoms with van der Waals surface area (Å²) in [4.78, 5) is 20.8. The number of rotatable bonds is 7. The molecule has 2 aromatic carbocycles.